The molecule has 0 fully saturated rings. The predicted octanol–water partition coefficient (Wildman–Crippen LogP) is 5.72. The molecular weight excluding hydrogens is 742 g/mol. The molecule has 0 atom stereocenters. The number of rotatable bonds is 24. The zero-order valence-electron chi connectivity index (χ0n) is 23.0. The van der Waals surface area contributed by atoms with Gasteiger partial charge in [-0.2, -0.15) is 0 Å². The lowest BCUT2D eigenvalue weighted by molar-refractivity contribution is 0.0120. The lowest BCUT2D eigenvalue weighted by Gasteiger charge is -2.18. The van der Waals surface area contributed by atoms with Crippen molar-refractivity contribution in [3.05, 3.63) is 48.5 Å². The molecule has 0 aliphatic carbocycles. The molecule has 0 aliphatic rings. The Morgan fingerprint density at radius 1 is 0.350 bits per heavy atom. The summed E-state index contributed by atoms with van der Waals surface area (Å²) in [4.78, 5) is 0. The minimum atomic E-state index is 0.438. The summed E-state index contributed by atoms with van der Waals surface area (Å²) in [5, 5.41) is 4.02. The van der Waals surface area contributed by atoms with E-state index in [9.17, 15) is 0 Å². The highest BCUT2D eigenvalue weighted by Crippen LogP contribution is 2.42. The van der Waals surface area contributed by atoms with E-state index < -0.39 is 0 Å². The van der Waals surface area contributed by atoms with Crippen molar-refractivity contribution in [2.45, 2.75) is 0 Å². The summed E-state index contributed by atoms with van der Waals surface area (Å²) in [7, 11) is 0. The van der Waals surface area contributed by atoms with Crippen LogP contribution in [0.4, 0.5) is 0 Å². The number of benzene rings is 3. The number of ether oxygens (including phenoxy) is 8. The molecule has 3 rings (SSSR count). The van der Waals surface area contributed by atoms with Crippen LogP contribution in [0.3, 0.4) is 0 Å². The fourth-order valence-corrected chi connectivity index (χ4v) is 4.58. The molecule has 0 saturated heterocycles. The Labute approximate surface area is 264 Å². The molecule has 222 valence electrons. The highest BCUT2D eigenvalue weighted by Gasteiger charge is 2.15. The first-order chi connectivity index (χ1) is 19.9. The normalized spacial score (nSPS) is 11.4. The van der Waals surface area contributed by atoms with E-state index in [-0.39, 0.29) is 0 Å². The lowest BCUT2D eigenvalue weighted by atomic mass is 10.0. The largest absolute Gasteiger partial charge is 0.490 e. The molecule has 3 aromatic rings. The van der Waals surface area contributed by atoms with Crippen molar-refractivity contribution in [3.63, 3.8) is 0 Å². The minimum absolute atomic E-state index is 0.438. The van der Waals surface area contributed by atoms with Gasteiger partial charge in [-0.3, -0.25) is 0 Å². The maximum absolute atomic E-state index is 6.28. The van der Waals surface area contributed by atoms with Gasteiger partial charge in [-0.05, 0) is 0 Å². The number of halogens is 2. The van der Waals surface area contributed by atoms with Crippen LogP contribution in [0.1, 0.15) is 0 Å². The molecule has 0 spiro atoms. The van der Waals surface area contributed by atoms with Crippen molar-refractivity contribution in [1.29, 1.82) is 0 Å². The van der Waals surface area contributed by atoms with E-state index in [4.69, 9.17) is 37.9 Å². The van der Waals surface area contributed by atoms with Gasteiger partial charge in [-0.15, -0.1) is 0 Å². The van der Waals surface area contributed by atoms with Crippen molar-refractivity contribution in [2.24, 2.45) is 0 Å². The topological polar surface area (TPSA) is 73.8 Å². The van der Waals surface area contributed by atoms with Gasteiger partial charge in [0.25, 0.3) is 0 Å². The van der Waals surface area contributed by atoms with Gasteiger partial charge in [0, 0.05) is 30.4 Å². The SMILES string of the molecule is ICCOCCOCCOCCOc1c2ccccc2c(OCCOCCOCCOCCI)c2ccccc12. The van der Waals surface area contributed by atoms with Gasteiger partial charge in [-0.1, -0.05) is 93.7 Å². The molecule has 0 heterocycles. The fourth-order valence-electron chi connectivity index (χ4n) is 3.96. The molecule has 0 unspecified atom stereocenters. The van der Waals surface area contributed by atoms with E-state index >= 15 is 0 Å². The first kappa shape index (κ1) is 33.5. The lowest BCUT2D eigenvalue weighted by Crippen LogP contribution is -2.13. The number of alkyl halides is 2. The van der Waals surface area contributed by atoms with Gasteiger partial charge in [0.15, 0.2) is 0 Å². The molecule has 3 aromatic carbocycles. The van der Waals surface area contributed by atoms with E-state index in [2.05, 4.69) is 69.4 Å². The molecule has 0 aromatic heterocycles. The van der Waals surface area contributed by atoms with Crippen LogP contribution in [0, 0.1) is 0 Å². The maximum atomic E-state index is 6.28. The maximum Gasteiger partial charge on any atom is 0.135 e. The summed E-state index contributed by atoms with van der Waals surface area (Å²) in [6.07, 6.45) is 0. The molecule has 0 bridgehead atoms. The molecule has 8 nitrogen and oxygen atoms in total. The Bertz CT molecular complexity index is 943. The van der Waals surface area contributed by atoms with Crippen LogP contribution < -0.4 is 9.47 Å². The summed E-state index contributed by atoms with van der Waals surface area (Å²) < 4.78 is 47.8. The molecule has 0 aliphatic heterocycles. The van der Waals surface area contributed by atoms with Crippen molar-refractivity contribution in [3.8, 4) is 11.5 Å². The summed E-state index contributed by atoms with van der Waals surface area (Å²) >= 11 is 4.58. The highest BCUT2D eigenvalue weighted by molar-refractivity contribution is 14.1. The Morgan fingerprint density at radius 3 is 0.875 bits per heavy atom. The summed E-state index contributed by atoms with van der Waals surface area (Å²) in [5.74, 6) is 1.67. The van der Waals surface area contributed by atoms with Gasteiger partial charge in [0.1, 0.15) is 24.7 Å². The van der Waals surface area contributed by atoms with Crippen LogP contribution in [0.2, 0.25) is 0 Å². The monoisotopic (exact) mass is 782 g/mol. The quantitative estimate of drug-likeness (QED) is 0.0495. The van der Waals surface area contributed by atoms with Gasteiger partial charge in [0.2, 0.25) is 0 Å². The van der Waals surface area contributed by atoms with Gasteiger partial charge < -0.3 is 37.9 Å². The van der Waals surface area contributed by atoms with Crippen molar-refractivity contribution >= 4 is 66.7 Å². The zero-order valence-corrected chi connectivity index (χ0v) is 27.3. The van der Waals surface area contributed by atoms with Gasteiger partial charge >= 0.3 is 0 Å². The predicted molar refractivity (Wildman–Crippen MR) is 175 cm³/mol. The number of fused-ring (bicyclic) bond motifs is 2. The summed E-state index contributed by atoms with van der Waals surface area (Å²) in [6.45, 7) is 7.85. The molecule has 0 saturated carbocycles. The highest BCUT2D eigenvalue weighted by atomic mass is 127. The standard InChI is InChI=1S/C30H40I2O8/c31-9-11-33-13-15-35-17-19-37-21-23-39-29-25-5-1-2-6-26(25)30(28-8-4-3-7-27(28)29)40-24-22-38-20-18-36-16-14-34-12-10-32/h1-8H,9-24H2. The van der Waals surface area contributed by atoms with E-state index in [1.807, 2.05) is 24.3 Å². The van der Waals surface area contributed by atoms with Crippen LogP contribution in [-0.4, -0.2) is 101 Å². The zero-order chi connectivity index (χ0) is 28.1. The van der Waals surface area contributed by atoms with E-state index in [1.54, 1.807) is 0 Å². The van der Waals surface area contributed by atoms with E-state index in [0.29, 0.717) is 79.3 Å². The second-order valence-electron chi connectivity index (χ2n) is 8.50. The third-order valence-corrected chi connectivity index (χ3v) is 6.59. The van der Waals surface area contributed by atoms with Gasteiger partial charge in [0.05, 0.1) is 79.3 Å². The minimum Gasteiger partial charge on any atom is -0.490 e. The number of hydrogen-bond donors (Lipinski definition) is 0. The fraction of sp³-hybridized carbons (Fsp3) is 0.533. The molecule has 10 heteroatoms. The van der Waals surface area contributed by atoms with E-state index in [1.165, 1.54) is 0 Å². The molecular formula is C30H40I2O8. The van der Waals surface area contributed by atoms with Crippen molar-refractivity contribution in [1.82, 2.24) is 0 Å². The second kappa shape index (κ2) is 21.7. The van der Waals surface area contributed by atoms with Crippen LogP contribution in [-0.2, 0) is 28.4 Å². The Kier molecular flexibility index (Phi) is 18.1. The van der Waals surface area contributed by atoms with E-state index in [0.717, 1.165) is 55.1 Å². The first-order valence-corrected chi connectivity index (χ1v) is 16.7. The summed E-state index contributed by atoms with van der Waals surface area (Å²) in [5.41, 5.74) is 0. The third-order valence-electron chi connectivity index (χ3n) is 5.71. The molecule has 0 radical (unpaired) electrons. The Morgan fingerprint density at radius 2 is 0.600 bits per heavy atom. The van der Waals surface area contributed by atoms with Crippen LogP contribution in [0.5, 0.6) is 11.5 Å². The average molecular weight is 782 g/mol. The second-order valence-corrected chi connectivity index (χ2v) is 10.7. The Hall–Kier alpha value is -1.00. The van der Waals surface area contributed by atoms with Crippen LogP contribution in [0.25, 0.3) is 21.5 Å². The third kappa shape index (κ3) is 12.1. The molecule has 0 N–H and O–H groups in total. The summed E-state index contributed by atoms with van der Waals surface area (Å²) in [6, 6.07) is 16.3. The van der Waals surface area contributed by atoms with Crippen LogP contribution >= 0.6 is 45.2 Å². The first-order valence-electron chi connectivity index (χ1n) is 13.6. The average Bonchev–Trinajstić information content (AvgIpc) is 2.99. The molecule has 40 heavy (non-hydrogen) atoms. The van der Waals surface area contributed by atoms with Crippen LogP contribution in [0.15, 0.2) is 48.5 Å². The van der Waals surface area contributed by atoms with Gasteiger partial charge in [-0.25, -0.2) is 0 Å². The Balaban J connectivity index is 1.47. The molecule has 0 amide bonds. The van der Waals surface area contributed by atoms with Crippen molar-refractivity contribution in [2.75, 3.05) is 101 Å². The van der Waals surface area contributed by atoms with Crippen molar-refractivity contribution < 1.29 is 37.9 Å². The number of hydrogen-bond acceptors (Lipinski definition) is 8. The smallest absolute Gasteiger partial charge is 0.135 e.